The van der Waals surface area contributed by atoms with Crippen LogP contribution in [0.3, 0.4) is 0 Å². The summed E-state index contributed by atoms with van der Waals surface area (Å²) >= 11 is 0. The number of benzene rings is 1. The summed E-state index contributed by atoms with van der Waals surface area (Å²) in [6.07, 6.45) is 0. The smallest absolute Gasteiger partial charge is 0.339 e. The van der Waals surface area contributed by atoms with Gasteiger partial charge in [-0.1, -0.05) is 36.4 Å². The van der Waals surface area contributed by atoms with E-state index in [-0.39, 0.29) is 5.97 Å². The molecule has 0 saturated carbocycles. The average Bonchev–Trinajstić information content (AvgIpc) is 2.44. The van der Waals surface area contributed by atoms with Gasteiger partial charge in [0.05, 0.1) is 0 Å². The molecule has 0 amide bonds. The maximum absolute atomic E-state index is 11.3. The van der Waals surface area contributed by atoms with Gasteiger partial charge >= 0.3 is 5.97 Å². The third kappa shape index (κ3) is 1.59. The second kappa shape index (κ2) is 3.39. The van der Waals surface area contributed by atoms with Crippen molar-refractivity contribution in [2.75, 3.05) is 0 Å². The minimum Gasteiger partial charge on any atom is -0.423 e. The van der Waals surface area contributed by atoms with E-state index in [4.69, 9.17) is 4.74 Å². The summed E-state index contributed by atoms with van der Waals surface area (Å²) in [5, 5.41) is 0. The van der Waals surface area contributed by atoms with Gasteiger partial charge in [-0.3, -0.25) is 0 Å². The fourth-order valence-electron chi connectivity index (χ4n) is 1.65. The molecule has 2 heteroatoms. The van der Waals surface area contributed by atoms with E-state index < -0.39 is 0 Å². The molecule has 2 nitrogen and oxygen atoms in total. The summed E-state index contributed by atoms with van der Waals surface area (Å²) in [5.41, 5.74) is 3.62. The molecule has 0 spiro atoms. The maximum Gasteiger partial charge on any atom is 0.339 e. The Morgan fingerprint density at radius 2 is 1.73 bits per heavy atom. The average molecular weight is 200 g/mol. The van der Waals surface area contributed by atoms with Crippen molar-refractivity contribution in [1.82, 2.24) is 0 Å². The van der Waals surface area contributed by atoms with E-state index in [1.54, 1.807) is 6.92 Å². The number of hydrogen-bond acceptors (Lipinski definition) is 2. The molecular weight excluding hydrogens is 188 g/mol. The lowest BCUT2D eigenvalue weighted by Gasteiger charge is -2.03. The summed E-state index contributed by atoms with van der Waals surface area (Å²) in [6, 6.07) is 7.96. The van der Waals surface area contributed by atoms with E-state index in [1.165, 1.54) is 5.56 Å². The lowest BCUT2D eigenvalue weighted by atomic mass is 10.0. The van der Waals surface area contributed by atoms with Gasteiger partial charge in [-0.25, -0.2) is 4.79 Å². The number of esters is 1. The molecule has 0 radical (unpaired) electrons. The van der Waals surface area contributed by atoms with Crippen LogP contribution >= 0.6 is 0 Å². The van der Waals surface area contributed by atoms with Crippen LogP contribution in [0, 0.1) is 6.92 Å². The van der Waals surface area contributed by atoms with Crippen LogP contribution in [-0.2, 0) is 9.53 Å². The Balaban J connectivity index is 2.51. The highest BCUT2D eigenvalue weighted by atomic mass is 16.5. The lowest BCUT2D eigenvalue weighted by Crippen LogP contribution is -1.94. The van der Waals surface area contributed by atoms with Crippen LogP contribution in [0.1, 0.15) is 18.1 Å². The number of hydrogen-bond donors (Lipinski definition) is 0. The van der Waals surface area contributed by atoms with Gasteiger partial charge in [-0.15, -0.1) is 0 Å². The normalized spacial score (nSPS) is 15.9. The fraction of sp³-hybridized carbons (Fsp3) is 0.154. The largest absolute Gasteiger partial charge is 0.423 e. The molecule has 0 saturated heterocycles. The quantitative estimate of drug-likeness (QED) is 0.651. The van der Waals surface area contributed by atoms with Gasteiger partial charge in [0.25, 0.3) is 0 Å². The van der Waals surface area contributed by atoms with Crippen molar-refractivity contribution in [1.29, 1.82) is 0 Å². The van der Waals surface area contributed by atoms with Crippen LogP contribution in [0.15, 0.2) is 42.2 Å². The van der Waals surface area contributed by atoms with Crippen molar-refractivity contribution >= 4 is 11.5 Å². The third-order valence-corrected chi connectivity index (χ3v) is 2.52. The molecule has 1 aliphatic rings. The van der Waals surface area contributed by atoms with Crippen molar-refractivity contribution in [2.24, 2.45) is 0 Å². The van der Waals surface area contributed by atoms with Crippen molar-refractivity contribution in [3.63, 3.8) is 0 Å². The van der Waals surface area contributed by atoms with Crippen molar-refractivity contribution in [2.45, 2.75) is 13.8 Å². The summed E-state index contributed by atoms with van der Waals surface area (Å²) < 4.78 is 4.96. The van der Waals surface area contributed by atoms with Crippen molar-refractivity contribution in [3.8, 4) is 0 Å². The zero-order valence-corrected chi connectivity index (χ0v) is 8.83. The first-order chi connectivity index (χ1) is 7.09. The van der Waals surface area contributed by atoms with Gasteiger partial charge in [-0.05, 0) is 19.4 Å². The molecule has 15 heavy (non-hydrogen) atoms. The topological polar surface area (TPSA) is 26.3 Å². The molecule has 0 aliphatic carbocycles. The molecule has 76 valence electrons. The van der Waals surface area contributed by atoms with Crippen LogP contribution in [-0.4, -0.2) is 5.97 Å². The Hall–Kier alpha value is -1.83. The number of cyclic esters (lactones) is 1. The number of rotatable bonds is 1. The minimum absolute atomic E-state index is 0.296. The Morgan fingerprint density at radius 3 is 2.20 bits per heavy atom. The standard InChI is InChI=1S/C13H12O2/c1-8-4-6-11(7-5-8)12-9(2)13(14)15-10(12)3/h4-7H,3H2,1-2H3. The zero-order valence-electron chi connectivity index (χ0n) is 8.83. The van der Waals surface area contributed by atoms with E-state index in [0.29, 0.717) is 11.3 Å². The number of carbonyl (C=O) groups is 1. The van der Waals surface area contributed by atoms with Gasteiger partial charge in [-0.2, -0.15) is 0 Å². The first-order valence-corrected chi connectivity index (χ1v) is 4.79. The van der Waals surface area contributed by atoms with Gasteiger partial charge in [0.15, 0.2) is 0 Å². The highest BCUT2D eigenvalue weighted by Gasteiger charge is 2.25. The van der Waals surface area contributed by atoms with Crippen molar-refractivity contribution < 1.29 is 9.53 Å². The summed E-state index contributed by atoms with van der Waals surface area (Å²) in [6.45, 7) is 7.52. The van der Waals surface area contributed by atoms with Crippen LogP contribution in [0.4, 0.5) is 0 Å². The number of carbonyl (C=O) groups excluding carboxylic acids is 1. The molecule has 1 aromatic rings. The molecule has 1 aromatic carbocycles. The molecule has 0 N–H and O–H groups in total. The molecule has 2 rings (SSSR count). The minimum atomic E-state index is -0.296. The van der Waals surface area contributed by atoms with Crippen LogP contribution in [0.2, 0.25) is 0 Å². The summed E-state index contributed by atoms with van der Waals surface area (Å²) in [7, 11) is 0. The maximum atomic E-state index is 11.3. The van der Waals surface area contributed by atoms with Gasteiger partial charge in [0, 0.05) is 11.1 Å². The van der Waals surface area contributed by atoms with E-state index in [2.05, 4.69) is 6.58 Å². The molecule has 0 unspecified atom stereocenters. The Kier molecular flexibility index (Phi) is 2.19. The molecule has 1 aliphatic heterocycles. The third-order valence-electron chi connectivity index (χ3n) is 2.52. The summed E-state index contributed by atoms with van der Waals surface area (Å²) in [5.74, 6) is 0.150. The second-order valence-corrected chi connectivity index (χ2v) is 3.68. The fourth-order valence-corrected chi connectivity index (χ4v) is 1.65. The SMILES string of the molecule is C=C1OC(=O)C(C)=C1c1ccc(C)cc1. The summed E-state index contributed by atoms with van der Waals surface area (Å²) in [4.78, 5) is 11.3. The molecule has 0 atom stereocenters. The number of ether oxygens (including phenoxy) is 1. The monoisotopic (exact) mass is 200 g/mol. The second-order valence-electron chi connectivity index (χ2n) is 3.68. The Bertz CT molecular complexity index is 464. The van der Waals surface area contributed by atoms with E-state index in [0.717, 1.165) is 11.1 Å². The van der Waals surface area contributed by atoms with Gasteiger partial charge in [0.2, 0.25) is 0 Å². The van der Waals surface area contributed by atoms with Crippen LogP contribution < -0.4 is 0 Å². The molecule has 0 fully saturated rings. The van der Waals surface area contributed by atoms with Crippen LogP contribution in [0.5, 0.6) is 0 Å². The zero-order chi connectivity index (χ0) is 11.0. The van der Waals surface area contributed by atoms with Crippen LogP contribution in [0.25, 0.3) is 5.57 Å². The Morgan fingerprint density at radius 1 is 1.13 bits per heavy atom. The number of allylic oxidation sites excluding steroid dienone is 1. The highest BCUT2D eigenvalue weighted by molar-refractivity contribution is 6.06. The first kappa shape index (κ1) is 9.71. The number of aryl methyl sites for hydroxylation is 1. The van der Waals surface area contributed by atoms with Crippen molar-refractivity contribution in [3.05, 3.63) is 53.3 Å². The molecule has 1 heterocycles. The van der Waals surface area contributed by atoms with E-state index in [1.807, 2.05) is 31.2 Å². The molecule has 0 aromatic heterocycles. The molecular formula is C13H12O2. The lowest BCUT2D eigenvalue weighted by molar-refractivity contribution is -0.133. The van der Waals surface area contributed by atoms with E-state index >= 15 is 0 Å². The van der Waals surface area contributed by atoms with Gasteiger partial charge < -0.3 is 4.74 Å². The van der Waals surface area contributed by atoms with E-state index in [9.17, 15) is 4.79 Å². The van der Waals surface area contributed by atoms with Gasteiger partial charge in [0.1, 0.15) is 5.76 Å². The Labute approximate surface area is 88.9 Å². The highest BCUT2D eigenvalue weighted by Crippen LogP contribution is 2.32. The molecule has 0 bridgehead atoms. The predicted molar refractivity (Wildman–Crippen MR) is 59.0 cm³/mol. The first-order valence-electron chi connectivity index (χ1n) is 4.79. The predicted octanol–water partition coefficient (Wildman–Crippen LogP) is 2.84.